The van der Waals surface area contributed by atoms with Gasteiger partial charge in [-0.2, -0.15) is 0 Å². The first-order chi connectivity index (χ1) is 11.6. The number of likely N-dealkylation sites (tertiary alicyclic amines) is 1. The Bertz CT molecular complexity index is 594. The van der Waals surface area contributed by atoms with Crippen LogP contribution in [0.3, 0.4) is 0 Å². The van der Waals surface area contributed by atoms with Crippen LogP contribution in [0.1, 0.15) is 30.0 Å². The molecule has 4 rings (SSSR count). The van der Waals surface area contributed by atoms with Gasteiger partial charge in [0.25, 0.3) is 0 Å². The fourth-order valence-electron chi connectivity index (χ4n) is 3.82. The monoisotopic (exact) mass is 368 g/mol. The first kappa shape index (κ1) is 16.8. The Morgan fingerprint density at radius 2 is 2.25 bits per heavy atom. The third kappa shape index (κ3) is 3.49. The molecule has 0 unspecified atom stereocenters. The van der Waals surface area contributed by atoms with Crippen LogP contribution in [0.25, 0.3) is 0 Å². The van der Waals surface area contributed by atoms with E-state index in [1.165, 1.54) is 0 Å². The summed E-state index contributed by atoms with van der Waals surface area (Å²) in [5.41, 5.74) is 1.04. The summed E-state index contributed by atoms with van der Waals surface area (Å²) in [4.78, 5) is 19.0. The molecule has 1 amide bonds. The van der Waals surface area contributed by atoms with Crippen LogP contribution in [0.15, 0.2) is 5.38 Å². The molecular formula is C17H24N2O3S2. The standard InChI is InChI=1S/C17H24N2O3S2/c1-12-18-14(8-23-12)7-22-15-6-17(24-9-15)10-19(11-17)16(20)13-2-4-21-5-3-13/h8,13,15H,2-7,9-11H2,1H3/t15-/m0/s1. The summed E-state index contributed by atoms with van der Waals surface area (Å²) >= 11 is 3.66. The summed E-state index contributed by atoms with van der Waals surface area (Å²) in [5, 5.41) is 3.16. The minimum absolute atomic E-state index is 0.183. The van der Waals surface area contributed by atoms with Crippen LogP contribution < -0.4 is 0 Å². The summed E-state index contributed by atoms with van der Waals surface area (Å²) in [6, 6.07) is 0. The Morgan fingerprint density at radius 1 is 1.46 bits per heavy atom. The molecule has 5 nitrogen and oxygen atoms in total. The number of hydrogen-bond acceptors (Lipinski definition) is 6. The first-order valence-corrected chi connectivity index (χ1v) is 10.5. The van der Waals surface area contributed by atoms with Crippen molar-refractivity contribution in [2.24, 2.45) is 5.92 Å². The molecule has 1 atom stereocenters. The maximum absolute atomic E-state index is 12.5. The van der Waals surface area contributed by atoms with Crippen molar-refractivity contribution in [3.05, 3.63) is 16.1 Å². The lowest BCUT2D eigenvalue weighted by Gasteiger charge is -2.48. The molecule has 3 aliphatic rings. The van der Waals surface area contributed by atoms with Crippen LogP contribution in [0.2, 0.25) is 0 Å². The molecule has 0 aromatic carbocycles. The van der Waals surface area contributed by atoms with Gasteiger partial charge in [0.05, 0.1) is 28.2 Å². The van der Waals surface area contributed by atoms with E-state index in [0.29, 0.717) is 12.5 Å². The van der Waals surface area contributed by atoms with Crippen molar-refractivity contribution in [1.82, 2.24) is 9.88 Å². The fraction of sp³-hybridized carbons (Fsp3) is 0.765. The van der Waals surface area contributed by atoms with E-state index in [2.05, 4.69) is 15.3 Å². The lowest BCUT2D eigenvalue weighted by Crippen LogP contribution is -2.62. The van der Waals surface area contributed by atoms with Gasteiger partial charge in [-0.1, -0.05) is 0 Å². The minimum Gasteiger partial charge on any atom is -0.381 e. The second-order valence-corrected chi connectivity index (χ2v) is 9.62. The second kappa shape index (κ2) is 6.94. The lowest BCUT2D eigenvalue weighted by atomic mass is 9.89. The maximum atomic E-state index is 12.5. The van der Waals surface area contributed by atoms with Gasteiger partial charge in [0.15, 0.2) is 0 Å². The number of nitrogens with zero attached hydrogens (tertiary/aromatic N) is 2. The molecule has 0 N–H and O–H groups in total. The number of hydrogen-bond donors (Lipinski definition) is 0. The average molecular weight is 369 g/mol. The van der Waals surface area contributed by atoms with Crippen LogP contribution in [-0.2, 0) is 20.9 Å². The number of carbonyl (C=O) groups is 1. The van der Waals surface area contributed by atoms with E-state index < -0.39 is 0 Å². The zero-order valence-corrected chi connectivity index (χ0v) is 15.7. The van der Waals surface area contributed by atoms with E-state index in [1.54, 1.807) is 11.3 Å². The van der Waals surface area contributed by atoms with Crippen molar-refractivity contribution in [2.75, 3.05) is 32.1 Å². The summed E-state index contributed by atoms with van der Waals surface area (Å²) in [6.45, 7) is 5.88. The first-order valence-electron chi connectivity index (χ1n) is 8.67. The SMILES string of the molecule is Cc1nc(CO[C@@H]2CSC3(C2)CN(C(=O)C2CCOCC2)C3)cs1. The molecule has 132 valence electrons. The highest BCUT2D eigenvalue weighted by atomic mass is 32.2. The van der Waals surface area contributed by atoms with E-state index in [-0.39, 0.29) is 16.8 Å². The van der Waals surface area contributed by atoms with Gasteiger partial charge in [0.2, 0.25) is 5.91 Å². The molecule has 1 spiro atoms. The molecule has 24 heavy (non-hydrogen) atoms. The molecule has 3 aliphatic heterocycles. The molecule has 1 aromatic rings. The summed E-state index contributed by atoms with van der Waals surface area (Å²) < 4.78 is 11.6. The van der Waals surface area contributed by atoms with Gasteiger partial charge in [-0.15, -0.1) is 23.1 Å². The van der Waals surface area contributed by atoms with Crippen molar-refractivity contribution in [2.45, 2.75) is 43.6 Å². The molecule has 0 aliphatic carbocycles. The van der Waals surface area contributed by atoms with E-state index in [0.717, 1.165) is 62.0 Å². The van der Waals surface area contributed by atoms with Gasteiger partial charge in [-0.3, -0.25) is 4.79 Å². The minimum atomic E-state index is 0.183. The van der Waals surface area contributed by atoms with E-state index in [4.69, 9.17) is 9.47 Å². The number of aromatic nitrogens is 1. The number of carbonyl (C=O) groups excluding carboxylic acids is 1. The average Bonchev–Trinajstić information content (AvgIpc) is 3.18. The second-order valence-electron chi connectivity index (χ2n) is 7.07. The van der Waals surface area contributed by atoms with Gasteiger partial charge in [-0.25, -0.2) is 4.98 Å². The Hall–Kier alpha value is -0.630. The predicted octanol–water partition coefficient (Wildman–Crippen LogP) is 2.48. The zero-order chi connectivity index (χ0) is 16.6. The van der Waals surface area contributed by atoms with Crippen LogP contribution in [0.5, 0.6) is 0 Å². The number of thiazole rings is 1. The Morgan fingerprint density at radius 3 is 2.96 bits per heavy atom. The third-order valence-electron chi connectivity index (χ3n) is 5.15. The number of aryl methyl sites for hydroxylation is 1. The molecule has 0 saturated carbocycles. The topological polar surface area (TPSA) is 51.7 Å². The predicted molar refractivity (Wildman–Crippen MR) is 95.4 cm³/mol. The highest BCUT2D eigenvalue weighted by Gasteiger charge is 2.51. The Kier molecular flexibility index (Phi) is 4.86. The summed E-state index contributed by atoms with van der Waals surface area (Å²) in [7, 11) is 0. The molecule has 0 bridgehead atoms. The molecule has 4 heterocycles. The largest absolute Gasteiger partial charge is 0.381 e. The fourth-order valence-corrected chi connectivity index (χ4v) is 5.96. The van der Waals surface area contributed by atoms with Crippen molar-refractivity contribution < 1.29 is 14.3 Å². The number of rotatable bonds is 4. The number of thioether (sulfide) groups is 1. The van der Waals surface area contributed by atoms with E-state index >= 15 is 0 Å². The maximum Gasteiger partial charge on any atom is 0.225 e. The quantitative estimate of drug-likeness (QED) is 0.817. The third-order valence-corrected chi connectivity index (χ3v) is 7.55. The normalized spacial score (nSPS) is 26.7. The van der Waals surface area contributed by atoms with Gasteiger partial charge < -0.3 is 14.4 Å². The summed E-state index contributed by atoms with van der Waals surface area (Å²) in [6.07, 6.45) is 3.11. The molecule has 0 radical (unpaired) electrons. The molecular weight excluding hydrogens is 344 g/mol. The van der Waals surface area contributed by atoms with Crippen molar-refractivity contribution in [1.29, 1.82) is 0 Å². The highest BCUT2D eigenvalue weighted by Crippen LogP contribution is 2.46. The molecule has 3 fully saturated rings. The van der Waals surface area contributed by atoms with Crippen LogP contribution in [0, 0.1) is 12.8 Å². The Labute approximate surface area is 151 Å². The van der Waals surface area contributed by atoms with Crippen molar-refractivity contribution in [3.8, 4) is 0 Å². The van der Waals surface area contributed by atoms with Gasteiger partial charge in [0, 0.05) is 43.4 Å². The van der Waals surface area contributed by atoms with Crippen LogP contribution in [0.4, 0.5) is 0 Å². The lowest BCUT2D eigenvalue weighted by molar-refractivity contribution is -0.144. The van der Waals surface area contributed by atoms with E-state index in [1.807, 2.05) is 18.7 Å². The molecule has 3 saturated heterocycles. The molecule has 7 heteroatoms. The van der Waals surface area contributed by atoms with Crippen LogP contribution in [-0.4, -0.2) is 58.7 Å². The van der Waals surface area contributed by atoms with Gasteiger partial charge >= 0.3 is 0 Å². The number of amides is 1. The highest BCUT2D eigenvalue weighted by molar-refractivity contribution is 8.01. The number of ether oxygens (including phenoxy) is 2. The van der Waals surface area contributed by atoms with Crippen molar-refractivity contribution >= 4 is 29.0 Å². The van der Waals surface area contributed by atoms with Crippen LogP contribution >= 0.6 is 23.1 Å². The zero-order valence-electron chi connectivity index (χ0n) is 14.0. The smallest absolute Gasteiger partial charge is 0.225 e. The molecule has 1 aromatic heterocycles. The van der Waals surface area contributed by atoms with Gasteiger partial charge in [0.1, 0.15) is 0 Å². The Balaban J connectivity index is 1.23. The van der Waals surface area contributed by atoms with Crippen molar-refractivity contribution in [3.63, 3.8) is 0 Å². The van der Waals surface area contributed by atoms with E-state index in [9.17, 15) is 4.79 Å². The van der Waals surface area contributed by atoms with Gasteiger partial charge in [-0.05, 0) is 26.2 Å². The summed E-state index contributed by atoms with van der Waals surface area (Å²) in [5.74, 6) is 1.55.